The Bertz CT molecular complexity index is 868. The van der Waals surface area contributed by atoms with Crippen molar-refractivity contribution in [3.8, 4) is 11.5 Å². The van der Waals surface area contributed by atoms with Crippen molar-refractivity contribution in [2.24, 2.45) is 29.4 Å². The maximum atomic E-state index is 12.8. The molecule has 4 atom stereocenters. The molecule has 0 aliphatic heterocycles. The Kier molecular flexibility index (Phi) is 18.9. The molecule has 4 N–H and O–H groups in total. The summed E-state index contributed by atoms with van der Waals surface area (Å²) in [6, 6.07) is 5.51. The van der Waals surface area contributed by atoms with Crippen molar-refractivity contribution < 1.29 is 28.9 Å². The SMILES string of the molecule is COCCCOc1cc(C[C@@H](C[C@H](N)[C@@H](O)C[C@H](C(=O)NCCC(=O)N(C)C)C(C)C)C(C)C)ccc1OC.Cl. The molecule has 0 saturated carbocycles. The summed E-state index contributed by atoms with van der Waals surface area (Å²) in [4.78, 5) is 26.2. The van der Waals surface area contributed by atoms with Gasteiger partial charge in [-0.2, -0.15) is 0 Å². The molecule has 1 rings (SSSR count). The normalized spacial score (nSPS) is 14.2. The highest BCUT2D eigenvalue weighted by molar-refractivity contribution is 5.85. The molecular formula is C30H54ClN3O6. The summed E-state index contributed by atoms with van der Waals surface area (Å²) < 4.78 is 16.5. The van der Waals surface area contributed by atoms with Crippen LogP contribution < -0.4 is 20.5 Å². The van der Waals surface area contributed by atoms with Crippen molar-refractivity contribution >= 4 is 24.2 Å². The summed E-state index contributed by atoms with van der Waals surface area (Å²) in [5, 5.41) is 13.9. The second kappa shape index (κ2) is 19.9. The van der Waals surface area contributed by atoms with Gasteiger partial charge in [0.1, 0.15) is 0 Å². The minimum Gasteiger partial charge on any atom is -0.493 e. The number of methoxy groups -OCH3 is 2. The zero-order valence-electron chi connectivity index (χ0n) is 25.8. The number of rotatable bonds is 19. The molecule has 2 amide bonds. The maximum absolute atomic E-state index is 12.8. The van der Waals surface area contributed by atoms with Gasteiger partial charge in [-0.15, -0.1) is 12.4 Å². The van der Waals surface area contributed by atoms with Gasteiger partial charge in [-0.3, -0.25) is 9.59 Å². The number of amides is 2. The molecule has 1 aromatic rings. The van der Waals surface area contributed by atoms with Crippen LogP contribution in [-0.2, 0) is 20.7 Å². The van der Waals surface area contributed by atoms with E-state index in [1.165, 1.54) is 4.90 Å². The maximum Gasteiger partial charge on any atom is 0.223 e. The summed E-state index contributed by atoms with van der Waals surface area (Å²) >= 11 is 0. The molecule has 0 saturated heterocycles. The molecule has 40 heavy (non-hydrogen) atoms. The summed E-state index contributed by atoms with van der Waals surface area (Å²) in [6.45, 7) is 9.69. The number of benzene rings is 1. The molecule has 232 valence electrons. The summed E-state index contributed by atoms with van der Waals surface area (Å²) in [5.41, 5.74) is 7.63. The molecule has 10 heteroatoms. The summed E-state index contributed by atoms with van der Waals surface area (Å²) in [5.74, 6) is 1.41. The van der Waals surface area contributed by atoms with Crippen molar-refractivity contribution in [3.05, 3.63) is 23.8 Å². The number of aliphatic hydroxyl groups excluding tert-OH is 1. The number of nitrogens with two attached hydrogens (primary N) is 1. The molecule has 0 radical (unpaired) electrons. The van der Waals surface area contributed by atoms with Crippen molar-refractivity contribution in [2.45, 2.75) is 71.9 Å². The van der Waals surface area contributed by atoms with Gasteiger partial charge < -0.3 is 35.3 Å². The first-order valence-electron chi connectivity index (χ1n) is 14.1. The number of ether oxygens (including phenoxy) is 3. The van der Waals surface area contributed by atoms with Gasteiger partial charge in [-0.25, -0.2) is 0 Å². The Labute approximate surface area is 247 Å². The Morgan fingerprint density at radius 2 is 1.70 bits per heavy atom. The van der Waals surface area contributed by atoms with Crippen molar-refractivity contribution in [3.63, 3.8) is 0 Å². The molecule has 0 aromatic heterocycles. The van der Waals surface area contributed by atoms with Crippen LogP contribution in [0.3, 0.4) is 0 Å². The Morgan fingerprint density at radius 1 is 1.02 bits per heavy atom. The first-order chi connectivity index (χ1) is 18.4. The van der Waals surface area contributed by atoms with E-state index >= 15 is 0 Å². The number of nitrogens with zero attached hydrogens (tertiary/aromatic N) is 1. The monoisotopic (exact) mass is 587 g/mol. The number of carbonyl (C=O) groups excluding carboxylic acids is 2. The highest BCUT2D eigenvalue weighted by Crippen LogP contribution is 2.31. The standard InChI is InChI=1S/C30H53N3O6.ClH/c1-20(2)23(16-22-10-11-27(38-8)28(17-22)39-15-9-14-37-7)18-25(31)26(34)19-24(21(3)4)30(36)32-13-12-29(35)33(5)6;/h10-11,17,20-21,23-26,34H,9,12-16,18-19,31H2,1-8H3,(H,32,36);1H/t23-,24-,25-,26-;/m0./s1. The average molecular weight is 588 g/mol. The third-order valence-electron chi connectivity index (χ3n) is 7.26. The Morgan fingerprint density at radius 3 is 2.25 bits per heavy atom. The van der Waals surface area contributed by atoms with E-state index in [1.807, 2.05) is 32.0 Å². The molecule has 0 bridgehead atoms. The number of hydrogen-bond donors (Lipinski definition) is 3. The third-order valence-corrected chi connectivity index (χ3v) is 7.26. The topological polar surface area (TPSA) is 123 Å². The highest BCUT2D eigenvalue weighted by atomic mass is 35.5. The number of carbonyl (C=O) groups is 2. The van der Waals surface area contributed by atoms with Crippen LogP contribution >= 0.6 is 12.4 Å². The van der Waals surface area contributed by atoms with E-state index in [9.17, 15) is 14.7 Å². The van der Waals surface area contributed by atoms with Crippen LogP contribution in [0.4, 0.5) is 0 Å². The molecule has 0 spiro atoms. The van der Waals surface area contributed by atoms with Crippen LogP contribution in [0, 0.1) is 23.7 Å². The smallest absolute Gasteiger partial charge is 0.223 e. The molecule has 0 unspecified atom stereocenters. The molecule has 0 fully saturated rings. The fourth-order valence-electron chi connectivity index (χ4n) is 4.51. The molecule has 0 aliphatic rings. The molecular weight excluding hydrogens is 534 g/mol. The van der Waals surface area contributed by atoms with Crippen LogP contribution in [0.1, 0.15) is 58.9 Å². The van der Waals surface area contributed by atoms with E-state index in [4.69, 9.17) is 19.9 Å². The minimum atomic E-state index is -0.816. The molecule has 0 aliphatic carbocycles. The minimum absolute atomic E-state index is 0. The van der Waals surface area contributed by atoms with Crippen molar-refractivity contribution in [2.75, 3.05) is 48.1 Å². The first kappa shape index (κ1) is 37.9. The van der Waals surface area contributed by atoms with Gasteiger partial charge in [0.05, 0.1) is 19.8 Å². The lowest BCUT2D eigenvalue weighted by Gasteiger charge is -2.30. The lowest BCUT2D eigenvalue weighted by molar-refractivity contribution is -0.129. The van der Waals surface area contributed by atoms with Crippen LogP contribution in [0.15, 0.2) is 18.2 Å². The second-order valence-electron chi connectivity index (χ2n) is 11.3. The predicted molar refractivity (Wildman–Crippen MR) is 162 cm³/mol. The van der Waals surface area contributed by atoms with Crippen LogP contribution in [-0.4, -0.2) is 82.0 Å². The van der Waals surface area contributed by atoms with Gasteiger partial charge in [0.15, 0.2) is 11.5 Å². The second-order valence-corrected chi connectivity index (χ2v) is 11.3. The quantitative estimate of drug-likeness (QED) is 0.211. The van der Waals surface area contributed by atoms with Gasteiger partial charge in [0.25, 0.3) is 0 Å². The van der Waals surface area contributed by atoms with Crippen LogP contribution in [0.2, 0.25) is 0 Å². The Balaban J connectivity index is 0.0000152. The fraction of sp³-hybridized carbons (Fsp3) is 0.733. The molecule has 0 heterocycles. The van der Waals surface area contributed by atoms with E-state index < -0.39 is 18.1 Å². The van der Waals surface area contributed by atoms with Gasteiger partial charge in [0.2, 0.25) is 11.8 Å². The Hall–Kier alpha value is -2.07. The molecule has 1 aromatic carbocycles. The number of hydrogen-bond acceptors (Lipinski definition) is 7. The van der Waals surface area contributed by atoms with Gasteiger partial charge in [-0.1, -0.05) is 33.8 Å². The summed E-state index contributed by atoms with van der Waals surface area (Å²) in [7, 11) is 6.68. The summed E-state index contributed by atoms with van der Waals surface area (Å²) in [6.07, 6.45) is 1.90. The molecule has 9 nitrogen and oxygen atoms in total. The number of aliphatic hydroxyl groups is 1. The number of nitrogens with one attached hydrogen (secondary N) is 1. The highest BCUT2D eigenvalue weighted by Gasteiger charge is 2.30. The lowest BCUT2D eigenvalue weighted by Crippen LogP contribution is -2.43. The third kappa shape index (κ3) is 13.5. The van der Waals surface area contributed by atoms with E-state index in [0.717, 1.165) is 18.4 Å². The largest absolute Gasteiger partial charge is 0.493 e. The van der Waals surface area contributed by atoms with Crippen LogP contribution in [0.5, 0.6) is 11.5 Å². The van der Waals surface area contributed by atoms with E-state index in [-0.39, 0.29) is 55.4 Å². The van der Waals surface area contributed by atoms with Gasteiger partial charge >= 0.3 is 0 Å². The zero-order valence-corrected chi connectivity index (χ0v) is 26.6. The van der Waals surface area contributed by atoms with Crippen molar-refractivity contribution in [1.29, 1.82) is 0 Å². The zero-order chi connectivity index (χ0) is 29.5. The van der Waals surface area contributed by atoms with E-state index in [1.54, 1.807) is 28.3 Å². The van der Waals surface area contributed by atoms with Gasteiger partial charge in [-0.05, 0) is 54.7 Å². The van der Waals surface area contributed by atoms with E-state index in [0.29, 0.717) is 37.1 Å². The van der Waals surface area contributed by atoms with Crippen molar-refractivity contribution in [1.82, 2.24) is 10.2 Å². The predicted octanol–water partition coefficient (Wildman–Crippen LogP) is 3.68. The first-order valence-corrected chi connectivity index (χ1v) is 14.1. The fourth-order valence-corrected chi connectivity index (χ4v) is 4.51. The lowest BCUT2D eigenvalue weighted by atomic mass is 9.81. The number of halogens is 1. The van der Waals surface area contributed by atoms with Gasteiger partial charge in [0, 0.05) is 59.2 Å². The average Bonchev–Trinajstić information content (AvgIpc) is 2.88. The van der Waals surface area contributed by atoms with E-state index in [2.05, 4.69) is 19.2 Å². The van der Waals surface area contributed by atoms with Crippen LogP contribution in [0.25, 0.3) is 0 Å².